The monoisotopic (exact) mass is 511 g/mol. The number of halogens is 1. The van der Waals surface area contributed by atoms with Crippen LogP contribution >= 0.6 is 11.6 Å². The van der Waals surface area contributed by atoms with Crippen LogP contribution in [0.15, 0.2) is 87.1 Å². The highest BCUT2D eigenvalue weighted by Crippen LogP contribution is 2.34. The van der Waals surface area contributed by atoms with E-state index in [0.29, 0.717) is 33.3 Å². The van der Waals surface area contributed by atoms with Crippen LogP contribution in [0.2, 0.25) is 5.02 Å². The van der Waals surface area contributed by atoms with E-state index in [1.807, 2.05) is 67.6 Å². The van der Waals surface area contributed by atoms with Crippen molar-refractivity contribution in [2.45, 2.75) is 26.7 Å². The van der Waals surface area contributed by atoms with Crippen LogP contribution in [0.5, 0.6) is 5.75 Å². The van der Waals surface area contributed by atoms with Gasteiger partial charge in [-0.3, -0.25) is 4.79 Å². The first-order valence-corrected chi connectivity index (χ1v) is 12.3. The lowest BCUT2D eigenvalue weighted by Gasteiger charge is -2.17. The largest absolute Gasteiger partial charge is 0.496 e. The van der Waals surface area contributed by atoms with E-state index in [9.17, 15) is 4.79 Å². The number of hydrogen-bond donors (Lipinski definition) is 0. The summed E-state index contributed by atoms with van der Waals surface area (Å²) in [4.78, 5) is 18.5. The first-order chi connectivity index (χ1) is 17.9. The van der Waals surface area contributed by atoms with Crippen LogP contribution in [0.4, 0.5) is 0 Å². The summed E-state index contributed by atoms with van der Waals surface area (Å²) in [7, 11) is 1.66. The summed E-state index contributed by atoms with van der Waals surface area (Å²) in [6, 6.07) is 22.3. The number of aryl methyl sites for hydroxylation is 1. The van der Waals surface area contributed by atoms with E-state index in [0.717, 1.165) is 28.0 Å². The van der Waals surface area contributed by atoms with E-state index < -0.39 is 0 Å². The Labute approximate surface area is 219 Å². The maximum absolute atomic E-state index is 13.6. The lowest BCUT2D eigenvalue weighted by atomic mass is 9.96. The molecule has 0 amide bonds. The summed E-state index contributed by atoms with van der Waals surface area (Å²) >= 11 is 6.12. The molecule has 0 radical (unpaired) electrons. The van der Waals surface area contributed by atoms with Crippen molar-refractivity contribution in [2.75, 3.05) is 7.11 Å². The van der Waals surface area contributed by atoms with Crippen LogP contribution in [-0.4, -0.2) is 23.0 Å². The van der Waals surface area contributed by atoms with Crippen LogP contribution in [0.1, 0.15) is 36.7 Å². The van der Waals surface area contributed by atoms with E-state index >= 15 is 0 Å². The minimum atomic E-state index is -0.264. The van der Waals surface area contributed by atoms with Gasteiger partial charge in [-0.1, -0.05) is 49.7 Å². The summed E-state index contributed by atoms with van der Waals surface area (Å²) in [5.74, 6) is 2.62. The quantitative estimate of drug-likeness (QED) is 0.224. The fraction of sp³-hybridized carbons (Fsp3) is 0.167. The Morgan fingerprint density at radius 3 is 2.62 bits per heavy atom. The Balaban J connectivity index is 1.66. The van der Waals surface area contributed by atoms with Crippen LogP contribution in [0.25, 0.3) is 33.6 Å². The number of hydrogen-bond acceptors (Lipinski definition) is 5. The van der Waals surface area contributed by atoms with E-state index in [1.54, 1.807) is 19.2 Å². The number of para-hydroxylation sites is 1. The molecule has 7 heteroatoms. The van der Waals surface area contributed by atoms with Gasteiger partial charge in [-0.2, -0.15) is 9.78 Å². The molecule has 5 aromatic rings. The Bertz CT molecular complexity index is 1700. The van der Waals surface area contributed by atoms with Gasteiger partial charge in [-0.05, 0) is 72.5 Å². The second-order valence-corrected chi connectivity index (χ2v) is 9.53. The molecule has 0 aliphatic carbocycles. The number of furan rings is 1. The molecule has 0 bridgehead atoms. The Kier molecular flexibility index (Phi) is 6.68. The van der Waals surface area contributed by atoms with Gasteiger partial charge in [-0.15, -0.1) is 0 Å². The minimum Gasteiger partial charge on any atom is -0.496 e. The number of aromatic nitrogens is 2. The van der Waals surface area contributed by atoms with Crippen molar-refractivity contribution >= 4 is 28.7 Å². The van der Waals surface area contributed by atoms with Gasteiger partial charge in [0.05, 0.1) is 24.2 Å². The van der Waals surface area contributed by atoms with E-state index in [1.165, 1.54) is 10.9 Å². The summed E-state index contributed by atoms with van der Waals surface area (Å²) in [6.45, 7) is 6.18. The first-order valence-electron chi connectivity index (χ1n) is 12.0. The molecule has 5 rings (SSSR count). The summed E-state index contributed by atoms with van der Waals surface area (Å²) in [5.41, 5.74) is 3.96. The van der Waals surface area contributed by atoms with Crippen molar-refractivity contribution in [3.8, 4) is 28.5 Å². The lowest BCUT2D eigenvalue weighted by molar-refractivity contribution is 0.407. The van der Waals surface area contributed by atoms with Gasteiger partial charge >= 0.3 is 0 Å². The maximum atomic E-state index is 13.6. The van der Waals surface area contributed by atoms with Crippen molar-refractivity contribution in [3.63, 3.8) is 0 Å². The molecule has 0 aliphatic heterocycles. The maximum Gasteiger partial charge on any atom is 0.282 e. The molecule has 2 aromatic heterocycles. The average Bonchev–Trinajstić information content (AvgIpc) is 3.37. The normalized spacial score (nSPS) is 11.6. The zero-order valence-electron chi connectivity index (χ0n) is 21.0. The number of rotatable bonds is 6. The van der Waals surface area contributed by atoms with Crippen molar-refractivity contribution < 1.29 is 9.15 Å². The highest BCUT2D eigenvalue weighted by atomic mass is 35.5. The summed E-state index contributed by atoms with van der Waals surface area (Å²) < 4.78 is 12.9. The van der Waals surface area contributed by atoms with Crippen LogP contribution in [0.3, 0.4) is 0 Å². The average molecular weight is 512 g/mol. The van der Waals surface area contributed by atoms with Gasteiger partial charge < -0.3 is 9.15 Å². The fourth-order valence-electron chi connectivity index (χ4n) is 4.31. The zero-order valence-corrected chi connectivity index (χ0v) is 21.8. The van der Waals surface area contributed by atoms with Crippen molar-refractivity contribution in [1.29, 1.82) is 0 Å². The molecule has 0 unspecified atom stereocenters. The molecule has 186 valence electrons. The smallest absolute Gasteiger partial charge is 0.282 e. The molecule has 2 heterocycles. The minimum absolute atomic E-state index is 0.214. The SMILES string of the molecule is COc1cc(C)c(-c2nc3ccccc3c(=O)n2N=Cc2ccc(-c3cccc(Cl)c3)o2)cc1C(C)C. The molecule has 0 saturated heterocycles. The summed E-state index contributed by atoms with van der Waals surface area (Å²) in [6.07, 6.45) is 1.53. The van der Waals surface area contributed by atoms with Crippen molar-refractivity contribution in [3.05, 3.63) is 105 Å². The Hall–Kier alpha value is -4.16. The van der Waals surface area contributed by atoms with E-state index in [2.05, 4.69) is 18.9 Å². The molecule has 0 fully saturated rings. The molecule has 0 atom stereocenters. The van der Waals surface area contributed by atoms with E-state index in [-0.39, 0.29) is 11.5 Å². The van der Waals surface area contributed by atoms with Crippen molar-refractivity contribution in [1.82, 2.24) is 9.66 Å². The second-order valence-electron chi connectivity index (χ2n) is 9.09. The van der Waals surface area contributed by atoms with Crippen LogP contribution in [-0.2, 0) is 0 Å². The lowest BCUT2D eigenvalue weighted by Crippen LogP contribution is -2.20. The molecule has 6 nitrogen and oxygen atoms in total. The molecule has 37 heavy (non-hydrogen) atoms. The molecular formula is C30H26ClN3O3. The molecule has 0 saturated carbocycles. The Morgan fingerprint density at radius 2 is 1.86 bits per heavy atom. The standard InChI is InChI=1S/C30H26ClN3O3/c1-18(2)24-16-25(19(3)14-28(24)36-4)29-33-26-11-6-5-10-23(26)30(35)34(29)32-17-22-12-13-27(37-22)20-8-7-9-21(31)15-20/h5-18H,1-4H3. The third-order valence-corrected chi connectivity index (χ3v) is 6.46. The highest BCUT2D eigenvalue weighted by Gasteiger charge is 2.18. The van der Waals surface area contributed by atoms with Gasteiger partial charge in [0.2, 0.25) is 0 Å². The zero-order chi connectivity index (χ0) is 26.1. The molecule has 0 spiro atoms. The predicted octanol–water partition coefficient (Wildman–Crippen LogP) is 7.30. The van der Waals surface area contributed by atoms with Crippen LogP contribution < -0.4 is 10.3 Å². The molecule has 0 N–H and O–H groups in total. The first kappa shape index (κ1) is 24.5. The third-order valence-electron chi connectivity index (χ3n) is 6.23. The predicted molar refractivity (Wildman–Crippen MR) is 149 cm³/mol. The second kappa shape index (κ2) is 10.1. The van der Waals surface area contributed by atoms with Gasteiger partial charge in [0.15, 0.2) is 5.82 Å². The number of ether oxygens (including phenoxy) is 1. The van der Waals surface area contributed by atoms with Crippen molar-refractivity contribution in [2.24, 2.45) is 5.10 Å². The molecular weight excluding hydrogens is 486 g/mol. The molecule has 3 aromatic carbocycles. The fourth-order valence-corrected chi connectivity index (χ4v) is 4.50. The number of methoxy groups -OCH3 is 1. The van der Waals surface area contributed by atoms with E-state index in [4.69, 9.17) is 25.7 Å². The van der Waals surface area contributed by atoms with Gasteiger partial charge in [0, 0.05) is 16.1 Å². The number of fused-ring (bicyclic) bond motifs is 1. The number of benzene rings is 3. The Morgan fingerprint density at radius 1 is 1.05 bits per heavy atom. The topological polar surface area (TPSA) is 69.6 Å². The van der Waals surface area contributed by atoms with Gasteiger partial charge in [0.1, 0.15) is 17.3 Å². The van der Waals surface area contributed by atoms with Gasteiger partial charge in [0.25, 0.3) is 5.56 Å². The molecule has 0 aliphatic rings. The third kappa shape index (κ3) is 4.80. The highest BCUT2D eigenvalue weighted by molar-refractivity contribution is 6.30. The summed E-state index contributed by atoms with van der Waals surface area (Å²) in [5, 5.41) is 5.66. The number of nitrogens with zero attached hydrogens (tertiary/aromatic N) is 3. The van der Waals surface area contributed by atoms with Crippen LogP contribution in [0, 0.1) is 6.92 Å². The van der Waals surface area contributed by atoms with Gasteiger partial charge in [-0.25, -0.2) is 4.98 Å².